The van der Waals surface area contributed by atoms with Crippen molar-refractivity contribution in [2.75, 3.05) is 14.2 Å². The van der Waals surface area contributed by atoms with Crippen molar-refractivity contribution in [2.45, 2.75) is 13.2 Å². The number of amides is 1. The third-order valence-corrected chi connectivity index (χ3v) is 4.69. The largest absolute Gasteiger partial charge is 0.493 e. The van der Waals surface area contributed by atoms with Gasteiger partial charge in [0.1, 0.15) is 12.4 Å². The second-order valence-electron chi connectivity index (χ2n) is 6.28. The number of ether oxygens (including phenoxy) is 3. The third-order valence-electron chi connectivity index (χ3n) is 4.34. The molecular formula is C23H22ClNO4. The molecule has 0 atom stereocenters. The van der Waals surface area contributed by atoms with Crippen molar-refractivity contribution in [1.82, 2.24) is 5.32 Å². The molecule has 0 aliphatic carbocycles. The van der Waals surface area contributed by atoms with Crippen molar-refractivity contribution < 1.29 is 19.0 Å². The monoisotopic (exact) mass is 411 g/mol. The summed E-state index contributed by atoms with van der Waals surface area (Å²) in [4.78, 5) is 12.6. The molecule has 0 fully saturated rings. The van der Waals surface area contributed by atoms with Crippen molar-refractivity contribution >= 4 is 17.5 Å². The second-order valence-corrected chi connectivity index (χ2v) is 6.69. The summed E-state index contributed by atoms with van der Waals surface area (Å²) in [6, 6.07) is 20.3. The molecule has 0 aromatic heterocycles. The number of rotatable bonds is 8. The van der Waals surface area contributed by atoms with Crippen LogP contribution in [-0.4, -0.2) is 20.1 Å². The summed E-state index contributed by atoms with van der Waals surface area (Å²) in [5, 5.41) is 3.36. The van der Waals surface area contributed by atoms with Crippen LogP contribution in [0.4, 0.5) is 0 Å². The maximum atomic E-state index is 12.6. The number of carbonyl (C=O) groups is 1. The average Bonchev–Trinajstić information content (AvgIpc) is 2.77. The standard InChI is InChI=1S/C23H22ClNO4/c1-27-21-12-18(20(24)13-22(21)28-2)14-25-23(26)17-9-6-10-19(11-17)29-15-16-7-4-3-5-8-16/h3-13H,14-15H2,1-2H3,(H,25,26). The van der Waals surface area contributed by atoms with Crippen LogP contribution in [0.3, 0.4) is 0 Å². The van der Waals surface area contributed by atoms with Gasteiger partial charge in [-0.15, -0.1) is 0 Å². The fourth-order valence-electron chi connectivity index (χ4n) is 2.78. The van der Waals surface area contributed by atoms with Crippen LogP contribution in [0.2, 0.25) is 5.02 Å². The third kappa shape index (κ3) is 5.42. The zero-order chi connectivity index (χ0) is 20.6. The normalized spacial score (nSPS) is 10.3. The van der Waals surface area contributed by atoms with E-state index in [2.05, 4.69) is 5.32 Å². The minimum atomic E-state index is -0.221. The van der Waals surface area contributed by atoms with Gasteiger partial charge in [0.05, 0.1) is 14.2 Å². The summed E-state index contributed by atoms with van der Waals surface area (Å²) in [6.07, 6.45) is 0. The predicted octanol–water partition coefficient (Wildman–Crippen LogP) is 4.87. The number of hydrogen-bond acceptors (Lipinski definition) is 4. The second kappa shape index (κ2) is 9.85. The lowest BCUT2D eigenvalue weighted by Crippen LogP contribution is -2.23. The van der Waals surface area contributed by atoms with Crippen LogP contribution < -0.4 is 19.5 Å². The molecule has 0 aliphatic heterocycles. The summed E-state index contributed by atoms with van der Waals surface area (Å²) in [5.74, 6) is 1.50. The maximum Gasteiger partial charge on any atom is 0.251 e. The Hall–Kier alpha value is -3.18. The summed E-state index contributed by atoms with van der Waals surface area (Å²) in [5.41, 5.74) is 2.30. The molecule has 150 valence electrons. The highest BCUT2D eigenvalue weighted by Crippen LogP contribution is 2.33. The van der Waals surface area contributed by atoms with Crippen molar-refractivity contribution in [3.05, 3.63) is 88.4 Å². The minimum Gasteiger partial charge on any atom is -0.493 e. The van der Waals surface area contributed by atoms with E-state index >= 15 is 0 Å². The molecule has 3 rings (SSSR count). The minimum absolute atomic E-state index is 0.221. The zero-order valence-electron chi connectivity index (χ0n) is 16.3. The number of nitrogens with one attached hydrogen (secondary N) is 1. The highest BCUT2D eigenvalue weighted by atomic mass is 35.5. The zero-order valence-corrected chi connectivity index (χ0v) is 17.0. The van der Waals surface area contributed by atoms with Crippen LogP contribution >= 0.6 is 11.6 Å². The Kier molecular flexibility index (Phi) is 6.98. The summed E-state index contributed by atoms with van der Waals surface area (Å²) in [7, 11) is 3.09. The van der Waals surface area contributed by atoms with Gasteiger partial charge >= 0.3 is 0 Å². The summed E-state index contributed by atoms with van der Waals surface area (Å²) in [6.45, 7) is 0.695. The van der Waals surface area contributed by atoms with Gasteiger partial charge in [-0.3, -0.25) is 4.79 Å². The smallest absolute Gasteiger partial charge is 0.251 e. The van der Waals surface area contributed by atoms with Crippen LogP contribution in [0.1, 0.15) is 21.5 Å². The molecule has 6 heteroatoms. The molecule has 0 heterocycles. The van der Waals surface area contributed by atoms with E-state index in [1.54, 1.807) is 44.6 Å². The number of hydrogen-bond donors (Lipinski definition) is 1. The molecule has 29 heavy (non-hydrogen) atoms. The first-order chi connectivity index (χ1) is 14.1. The number of benzene rings is 3. The number of methoxy groups -OCH3 is 2. The van der Waals surface area contributed by atoms with Gasteiger partial charge in [0.2, 0.25) is 0 Å². The topological polar surface area (TPSA) is 56.8 Å². The first-order valence-corrected chi connectivity index (χ1v) is 9.44. The molecule has 1 N–H and O–H groups in total. The van der Waals surface area contributed by atoms with Gasteiger partial charge in [-0.05, 0) is 35.4 Å². The molecule has 0 aliphatic rings. The summed E-state index contributed by atoms with van der Waals surface area (Å²) >= 11 is 6.28. The Morgan fingerprint density at radius 2 is 1.66 bits per heavy atom. The molecule has 3 aromatic rings. The van der Waals surface area contributed by atoms with Gasteiger partial charge in [0.15, 0.2) is 11.5 Å². The lowest BCUT2D eigenvalue weighted by atomic mass is 10.1. The molecule has 0 unspecified atom stereocenters. The van der Waals surface area contributed by atoms with Gasteiger partial charge in [-0.1, -0.05) is 48.0 Å². The van der Waals surface area contributed by atoms with Gasteiger partial charge < -0.3 is 19.5 Å². The van der Waals surface area contributed by atoms with Crippen LogP contribution in [0.15, 0.2) is 66.7 Å². The Labute approximate surface area is 175 Å². The molecule has 0 saturated carbocycles. The highest BCUT2D eigenvalue weighted by Gasteiger charge is 2.12. The molecule has 0 radical (unpaired) electrons. The maximum absolute atomic E-state index is 12.6. The van der Waals surface area contributed by atoms with E-state index in [4.69, 9.17) is 25.8 Å². The Morgan fingerprint density at radius 1 is 0.931 bits per heavy atom. The number of carbonyl (C=O) groups excluding carboxylic acids is 1. The van der Waals surface area contributed by atoms with Gasteiger partial charge in [-0.2, -0.15) is 0 Å². The first-order valence-electron chi connectivity index (χ1n) is 9.06. The van der Waals surface area contributed by atoms with E-state index in [0.717, 1.165) is 11.1 Å². The molecule has 5 nitrogen and oxygen atoms in total. The molecule has 3 aromatic carbocycles. The van der Waals surface area contributed by atoms with Crippen molar-refractivity contribution in [2.24, 2.45) is 0 Å². The van der Waals surface area contributed by atoms with Crippen molar-refractivity contribution in [3.63, 3.8) is 0 Å². The van der Waals surface area contributed by atoms with Crippen LogP contribution in [0, 0.1) is 0 Å². The van der Waals surface area contributed by atoms with Gasteiger partial charge in [0, 0.05) is 23.2 Å². The molecule has 0 saturated heterocycles. The fourth-order valence-corrected chi connectivity index (χ4v) is 3.00. The van der Waals surface area contributed by atoms with Crippen molar-refractivity contribution in [1.29, 1.82) is 0 Å². The SMILES string of the molecule is COc1cc(Cl)c(CNC(=O)c2cccc(OCc3ccccc3)c2)cc1OC. The van der Waals surface area contributed by atoms with E-state index in [0.29, 0.717) is 34.4 Å². The Morgan fingerprint density at radius 3 is 2.38 bits per heavy atom. The van der Waals surface area contributed by atoms with Crippen LogP contribution in [-0.2, 0) is 13.2 Å². The van der Waals surface area contributed by atoms with Crippen LogP contribution in [0.25, 0.3) is 0 Å². The lowest BCUT2D eigenvalue weighted by molar-refractivity contribution is 0.0950. The first kappa shape index (κ1) is 20.6. The fraction of sp³-hybridized carbons (Fsp3) is 0.174. The molecule has 0 bridgehead atoms. The van der Waals surface area contributed by atoms with E-state index < -0.39 is 0 Å². The van der Waals surface area contributed by atoms with Gasteiger partial charge in [-0.25, -0.2) is 0 Å². The predicted molar refractivity (Wildman–Crippen MR) is 113 cm³/mol. The summed E-state index contributed by atoms with van der Waals surface area (Å²) < 4.78 is 16.3. The Bertz CT molecular complexity index is 976. The van der Waals surface area contributed by atoms with E-state index in [9.17, 15) is 4.79 Å². The van der Waals surface area contributed by atoms with E-state index in [1.807, 2.05) is 36.4 Å². The molecular weight excluding hydrogens is 390 g/mol. The van der Waals surface area contributed by atoms with E-state index in [-0.39, 0.29) is 12.5 Å². The molecule has 0 spiro atoms. The quantitative estimate of drug-likeness (QED) is 0.574. The van der Waals surface area contributed by atoms with E-state index in [1.165, 1.54) is 0 Å². The van der Waals surface area contributed by atoms with Gasteiger partial charge in [0.25, 0.3) is 5.91 Å². The Balaban J connectivity index is 1.64. The highest BCUT2D eigenvalue weighted by molar-refractivity contribution is 6.31. The average molecular weight is 412 g/mol. The number of halogens is 1. The van der Waals surface area contributed by atoms with Crippen molar-refractivity contribution in [3.8, 4) is 17.2 Å². The van der Waals surface area contributed by atoms with Crippen LogP contribution in [0.5, 0.6) is 17.2 Å². The molecule has 1 amide bonds. The lowest BCUT2D eigenvalue weighted by Gasteiger charge is -2.13.